The minimum Gasteiger partial charge on any atom is -0.463 e. The van der Waals surface area contributed by atoms with Crippen LogP contribution in [0.25, 0.3) is 0 Å². The normalized spacial score (nSPS) is 14.9. The first-order valence-electron chi connectivity index (χ1n) is 8.04. The van der Waals surface area contributed by atoms with Crippen LogP contribution in [0.3, 0.4) is 0 Å². The van der Waals surface area contributed by atoms with Crippen molar-refractivity contribution in [2.24, 2.45) is 5.92 Å². The van der Waals surface area contributed by atoms with Crippen LogP contribution in [0.5, 0.6) is 0 Å². The summed E-state index contributed by atoms with van der Waals surface area (Å²) in [6, 6.07) is 8.53. The second kappa shape index (κ2) is 7.49. The Balaban J connectivity index is 1.96. The minimum atomic E-state index is -1.27. The number of aromatic nitrogens is 1. The Morgan fingerprint density at radius 3 is 2.62 bits per heavy atom. The van der Waals surface area contributed by atoms with Gasteiger partial charge in [0, 0.05) is 6.20 Å². The Hall–Kier alpha value is -2.34. The number of nitrogens with zero attached hydrogens (tertiary/aromatic N) is 1. The molecule has 6 heteroatoms. The van der Waals surface area contributed by atoms with Crippen molar-refractivity contribution in [3.8, 4) is 0 Å². The van der Waals surface area contributed by atoms with Crippen LogP contribution in [0, 0.1) is 12.8 Å². The predicted molar refractivity (Wildman–Crippen MR) is 91.4 cm³/mol. The summed E-state index contributed by atoms with van der Waals surface area (Å²) in [6.45, 7) is 7.48. The van der Waals surface area contributed by atoms with E-state index in [-0.39, 0.29) is 24.5 Å². The minimum absolute atomic E-state index is 0.0405. The van der Waals surface area contributed by atoms with Gasteiger partial charge in [0.2, 0.25) is 0 Å². The zero-order valence-electron chi connectivity index (χ0n) is 14.5. The summed E-state index contributed by atoms with van der Waals surface area (Å²) < 4.78 is 5.44. The van der Waals surface area contributed by atoms with Crippen molar-refractivity contribution in [1.82, 2.24) is 15.6 Å². The van der Waals surface area contributed by atoms with Crippen molar-refractivity contribution in [2.45, 2.75) is 39.3 Å². The third-order valence-electron chi connectivity index (χ3n) is 3.82. The van der Waals surface area contributed by atoms with E-state index in [9.17, 15) is 9.90 Å². The van der Waals surface area contributed by atoms with Gasteiger partial charge >= 0.3 is 6.03 Å². The molecular weight excluding hydrogens is 306 g/mol. The Bertz CT molecular complexity index is 665. The monoisotopic (exact) mass is 331 g/mol. The molecule has 2 aromatic heterocycles. The first-order chi connectivity index (χ1) is 11.3. The molecule has 0 fully saturated rings. The summed E-state index contributed by atoms with van der Waals surface area (Å²) in [4.78, 5) is 16.5. The van der Waals surface area contributed by atoms with Crippen molar-refractivity contribution in [3.63, 3.8) is 0 Å². The lowest BCUT2D eigenvalue weighted by Crippen LogP contribution is -2.45. The number of pyridine rings is 1. The second-order valence-corrected chi connectivity index (χ2v) is 6.49. The van der Waals surface area contributed by atoms with Gasteiger partial charge in [-0.3, -0.25) is 4.98 Å². The number of carbonyl (C=O) groups is 1. The van der Waals surface area contributed by atoms with Crippen LogP contribution in [-0.4, -0.2) is 22.7 Å². The lowest BCUT2D eigenvalue weighted by molar-refractivity contribution is 0.0358. The topological polar surface area (TPSA) is 87.4 Å². The van der Waals surface area contributed by atoms with Gasteiger partial charge in [0.15, 0.2) is 0 Å². The van der Waals surface area contributed by atoms with E-state index >= 15 is 0 Å². The van der Waals surface area contributed by atoms with Crippen molar-refractivity contribution < 1.29 is 14.3 Å². The lowest BCUT2D eigenvalue weighted by Gasteiger charge is -2.25. The molecule has 0 bridgehead atoms. The molecule has 0 aromatic carbocycles. The number of aryl methyl sites for hydroxylation is 1. The molecule has 0 saturated heterocycles. The molecule has 0 saturated carbocycles. The van der Waals surface area contributed by atoms with Gasteiger partial charge in [0.05, 0.1) is 18.3 Å². The summed E-state index contributed by atoms with van der Waals surface area (Å²) in [5.41, 5.74) is -0.472. The summed E-state index contributed by atoms with van der Waals surface area (Å²) >= 11 is 0. The molecule has 24 heavy (non-hydrogen) atoms. The van der Waals surface area contributed by atoms with Crippen LogP contribution in [0.1, 0.15) is 44.0 Å². The fourth-order valence-electron chi connectivity index (χ4n) is 2.40. The summed E-state index contributed by atoms with van der Waals surface area (Å²) in [7, 11) is 0. The number of aliphatic hydroxyl groups is 1. The molecule has 2 atom stereocenters. The van der Waals surface area contributed by atoms with Gasteiger partial charge in [-0.05, 0) is 44.0 Å². The molecule has 0 spiro atoms. The quantitative estimate of drug-likeness (QED) is 0.759. The highest BCUT2D eigenvalue weighted by molar-refractivity contribution is 5.74. The van der Waals surface area contributed by atoms with Crippen LogP contribution < -0.4 is 10.6 Å². The molecule has 0 aliphatic carbocycles. The fourth-order valence-corrected chi connectivity index (χ4v) is 2.40. The molecule has 2 aromatic rings. The zero-order valence-corrected chi connectivity index (χ0v) is 14.5. The number of furan rings is 1. The number of urea groups is 1. The smallest absolute Gasteiger partial charge is 0.315 e. The third-order valence-corrected chi connectivity index (χ3v) is 3.82. The third kappa shape index (κ3) is 4.58. The molecule has 0 radical (unpaired) electrons. The van der Waals surface area contributed by atoms with Gasteiger partial charge < -0.3 is 20.2 Å². The maximum absolute atomic E-state index is 12.2. The summed E-state index contributed by atoms with van der Waals surface area (Å²) in [5.74, 6) is 1.31. The van der Waals surface area contributed by atoms with Gasteiger partial charge in [-0.15, -0.1) is 0 Å². The van der Waals surface area contributed by atoms with Crippen LogP contribution in [0.15, 0.2) is 40.9 Å². The molecule has 0 aliphatic heterocycles. The molecule has 3 N–H and O–H groups in total. The number of hydrogen-bond acceptors (Lipinski definition) is 4. The number of hydrogen-bond donors (Lipinski definition) is 3. The molecule has 2 rings (SSSR count). The van der Waals surface area contributed by atoms with E-state index in [1.165, 1.54) is 0 Å². The maximum Gasteiger partial charge on any atom is 0.315 e. The lowest BCUT2D eigenvalue weighted by atomic mass is 10.0. The second-order valence-electron chi connectivity index (χ2n) is 6.49. The first-order valence-corrected chi connectivity index (χ1v) is 8.04. The van der Waals surface area contributed by atoms with E-state index in [2.05, 4.69) is 15.6 Å². The average Bonchev–Trinajstić information content (AvgIpc) is 2.99. The Labute approximate surface area is 142 Å². The van der Waals surface area contributed by atoms with Crippen LogP contribution in [0.4, 0.5) is 4.79 Å². The zero-order chi connectivity index (χ0) is 17.7. The van der Waals surface area contributed by atoms with Crippen LogP contribution in [0.2, 0.25) is 0 Å². The van der Waals surface area contributed by atoms with Crippen molar-refractivity contribution in [3.05, 3.63) is 53.7 Å². The molecule has 6 nitrogen and oxygen atoms in total. The predicted octanol–water partition coefficient (Wildman–Crippen LogP) is 2.89. The Morgan fingerprint density at radius 1 is 1.33 bits per heavy atom. The first kappa shape index (κ1) is 18.0. The van der Waals surface area contributed by atoms with E-state index < -0.39 is 5.60 Å². The highest BCUT2D eigenvalue weighted by Crippen LogP contribution is 2.22. The van der Waals surface area contributed by atoms with Crippen LogP contribution in [-0.2, 0) is 5.60 Å². The molecular formula is C18H25N3O3. The number of carbonyl (C=O) groups excluding carboxylic acids is 1. The number of nitrogens with one attached hydrogen (secondary N) is 2. The summed E-state index contributed by atoms with van der Waals surface area (Å²) in [5, 5.41) is 16.1. The highest BCUT2D eigenvalue weighted by atomic mass is 16.4. The standard InChI is InChI=1S/C18H25N3O3/c1-12(2)16(14-7-5-6-10-19-14)21-17(22)20-11-18(4,23)15-9-8-13(3)24-15/h5-10,12,16,23H,11H2,1-4H3,(H2,20,21,22)/t16-,18+/m1/s1. The van der Waals surface area contributed by atoms with Gasteiger partial charge in [-0.25, -0.2) is 4.79 Å². The van der Waals surface area contributed by atoms with E-state index in [1.807, 2.05) is 32.0 Å². The van der Waals surface area contributed by atoms with Crippen molar-refractivity contribution in [1.29, 1.82) is 0 Å². The van der Waals surface area contributed by atoms with Gasteiger partial charge in [-0.1, -0.05) is 19.9 Å². The number of amides is 2. The van der Waals surface area contributed by atoms with E-state index in [1.54, 1.807) is 32.2 Å². The SMILES string of the molecule is Cc1ccc([C@@](C)(O)CNC(=O)N[C@@H](c2ccccn2)C(C)C)o1. The van der Waals surface area contributed by atoms with E-state index in [4.69, 9.17) is 4.42 Å². The van der Waals surface area contributed by atoms with Crippen molar-refractivity contribution >= 4 is 6.03 Å². The van der Waals surface area contributed by atoms with Gasteiger partial charge in [0.1, 0.15) is 17.1 Å². The summed E-state index contributed by atoms with van der Waals surface area (Å²) in [6.07, 6.45) is 1.70. The maximum atomic E-state index is 12.2. The van der Waals surface area contributed by atoms with Crippen LogP contribution >= 0.6 is 0 Å². The van der Waals surface area contributed by atoms with Gasteiger partial charge in [0.25, 0.3) is 0 Å². The Morgan fingerprint density at radius 2 is 2.08 bits per heavy atom. The largest absolute Gasteiger partial charge is 0.463 e. The highest BCUT2D eigenvalue weighted by Gasteiger charge is 2.28. The molecule has 2 heterocycles. The average molecular weight is 331 g/mol. The van der Waals surface area contributed by atoms with Crippen molar-refractivity contribution in [2.75, 3.05) is 6.54 Å². The molecule has 0 unspecified atom stereocenters. The fraction of sp³-hybridized carbons (Fsp3) is 0.444. The van der Waals surface area contributed by atoms with E-state index in [0.717, 1.165) is 5.69 Å². The molecule has 2 amide bonds. The molecule has 130 valence electrons. The Kier molecular flexibility index (Phi) is 5.62. The molecule has 0 aliphatic rings. The van der Waals surface area contributed by atoms with Gasteiger partial charge in [-0.2, -0.15) is 0 Å². The number of rotatable bonds is 6. The van der Waals surface area contributed by atoms with E-state index in [0.29, 0.717) is 11.5 Å².